The number of benzene rings is 3. The number of anilines is 1. The number of alkyl halides is 6. The number of hydrogen-bond acceptors (Lipinski definition) is 1. The van der Waals surface area contributed by atoms with Crippen LogP contribution in [-0.4, -0.2) is 10.9 Å². The number of aromatic nitrogens is 1. The highest BCUT2D eigenvalue weighted by atomic mass is 19.4. The van der Waals surface area contributed by atoms with Gasteiger partial charge in [-0.25, -0.2) is 0 Å². The van der Waals surface area contributed by atoms with Gasteiger partial charge in [-0.05, 0) is 59.2 Å². The number of rotatable bonds is 5. The van der Waals surface area contributed by atoms with Gasteiger partial charge >= 0.3 is 12.4 Å². The second kappa shape index (κ2) is 9.77. The Hall–Kier alpha value is -4.27. The first-order valence-electron chi connectivity index (χ1n) is 10.6. The minimum absolute atomic E-state index is 0.338. The van der Waals surface area contributed by atoms with Crippen molar-refractivity contribution in [2.75, 3.05) is 5.32 Å². The van der Waals surface area contributed by atoms with E-state index in [-0.39, 0.29) is 0 Å². The molecule has 4 rings (SSSR count). The molecule has 36 heavy (non-hydrogen) atoms. The summed E-state index contributed by atoms with van der Waals surface area (Å²) in [4.78, 5) is 15.5. The van der Waals surface area contributed by atoms with E-state index in [4.69, 9.17) is 0 Å². The van der Waals surface area contributed by atoms with Crippen molar-refractivity contribution >= 4 is 28.1 Å². The average Bonchev–Trinajstić information content (AvgIpc) is 3.31. The lowest BCUT2D eigenvalue weighted by Crippen LogP contribution is -2.07. The maximum atomic E-state index is 13.0. The van der Waals surface area contributed by atoms with Gasteiger partial charge in [-0.3, -0.25) is 4.79 Å². The molecule has 0 atom stereocenters. The van der Waals surface area contributed by atoms with Gasteiger partial charge in [0.1, 0.15) is 0 Å². The Bertz CT molecular complexity index is 1370. The number of amides is 1. The van der Waals surface area contributed by atoms with E-state index in [1.807, 2.05) is 12.1 Å². The molecule has 4 aromatic rings. The van der Waals surface area contributed by atoms with Crippen LogP contribution in [0.1, 0.15) is 22.3 Å². The third-order valence-corrected chi connectivity index (χ3v) is 5.41. The Balaban J connectivity index is 1.63. The summed E-state index contributed by atoms with van der Waals surface area (Å²) in [5.74, 6) is -0.459. The van der Waals surface area contributed by atoms with Crippen LogP contribution < -0.4 is 5.32 Å². The Labute approximate surface area is 201 Å². The van der Waals surface area contributed by atoms with E-state index >= 15 is 0 Å². The molecule has 0 aliphatic carbocycles. The Morgan fingerprint density at radius 2 is 1.31 bits per heavy atom. The van der Waals surface area contributed by atoms with E-state index < -0.39 is 29.4 Å². The standard InChI is InChI=1S/C27H18F6N2O/c28-26(29,30)19-11-7-17(8-12-19)21(18-9-13-20(14-10-18)27(31,32)33)3-1-6-25(36)35-24-5-2-4-23-22(24)15-16-34-23/h1-16,34H,(H,35,36). The van der Waals surface area contributed by atoms with Gasteiger partial charge < -0.3 is 10.3 Å². The second-order valence-corrected chi connectivity index (χ2v) is 7.82. The van der Waals surface area contributed by atoms with Gasteiger partial charge in [-0.1, -0.05) is 42.5 Å². The average molecular weight is 500 g/mol. The fourth-order valence-electron chi connectivity index (χ4n) is 3.64. The molecule has 0 radical (unpaired) electrons. The molecule has 0 unspecified atom stereocenters. The van der Waals surface area contributed by atoms with Crippen LogP contribution in [0.3, 0.4) is 0 Å². The highest BCUT2D eigenvalue weighted by Gasteiger charge is 2.31. The summed E-state index contributed by atoms with van der Waals surface area (Å²) in [6.07, 6.45) is -3.26. The number of fused-ring (bicyclic) bond motifs is 1. The summed E-state index contributed by atoms with van der Waals surface area (Å²) in [5, 5.41) is 3.56. The summed E-state index contributed by atoms with van der Waals surface area (Å²) >= 11 is 0. The lowest BCUT2D eigenvalue weighted by molar-refractivity contribution is -0.138. The van der Waals surface area contributed by atoms with E-state index in [1.54, 1.807) is 18.3 Å². The van der Waals surface area contributed by atoms with Crippen LogP contribution in [-0.2, 0) is 17.1 Å². The molecule has 0 saturated heterocycles. The van der Waals surface area contributed by atoms with Gasteiger partial charge in [-0.2, -0.15) is 26.3 Å². The highest BCUT2D eigenvalue weighted by Crippen LogP contribution is 2.33. The second-order valence-electron chi connectivity index (χ2n) is 7.82. The maximum Gasteiger partial charge on any atom is 0.416 e. The van der Waals surface area contributed by atoms with E-state index in [1.165, 1.54) is 42.5 Å². The number of carbonyl (C=O) groups is 1. The molecular formula is C27H18F6N2O. The quantitative estimate of drug-likeness (QED) is 0.164. The fourth-order valence-corrected chi connectivity index (χ4v) is 3.64. The smallest absolute Gasteiger partial charge is 0.361 e. The lowest BCUT2D eigenvalue weighted by atomic mass is 9.95. The van der Waals surface area contributed by atoms with Gasteiger partial charge in [-0.15, -0.1) is 0 Å². The first kappa shape index (κ1) is 24.8. The normalized spacial score (nSPS) is 12.2. The number of H-pyrrole nitrogens is 1. The molecular weight excluding hydrogens is 482 g/mol. The molecule has 1 aromatic heterocycles. The van der Waals surface area contributed by atoms with Crippen LogP contribution in [0, 0.1) is 0 Å². The fraction of sp³-hybridized carbons (Fsp3) is 0.0741. The zero-order valence-electron chi connectivity index (χ0n) is 18.4. The molecule has 1 amide bonds. The molecule has 9 heteroatoms. The van der Waals surface area contributed by atoms with Gasteiger partial charge in [0.2, 0.25) is 5.91 Å². The summed E-state index contributed by atoms with van der Waals surface area (Å²) in [7, 11) is 0. The summed E-state index contributed by atoms with van der Waals surface area (Å²) in [5.41, 5.74) is 0.726. The van der Waals surface area contributed by atoms with Gasteiger partial charge in [0.15, 0.2) is 0 Å². The number of halogens is 6. The number of aromatic amines is 1. The minimum atomic E-state index is -4.53. The first-order chi connectivity index (χ1) is 17.0. The van der Waals surface area contributed by atoms with Crippen molar-refractivity contribution in [3.05, 3.63) is 119 Å². The first-order valence-corrected chi connectivity index (χ1v) is 10.6. The summed E-state index contributed by atoms with van der Waals surface area (Å²) in [6, 6.07) is 15.6. The summed E-state index contributed by atoms with van der Waals surface area (Å²) in [6.45, 7) is 0. The van der Waals surface area contributed by atoms with E-state index in [0.717, 1.165) is 35.2 Å². The topological polar surface area (TPSA) is 44.9 Å². The molecule has 0 bridgehead atoms. The molecule has 1 heterocycles. The zero-order valence-corrected chi connectivity index (χ0v) is 18.4. The van der Waals surface area contributed by atoms with Crippen LogP contribution in [0.25, 0.3) is 16.5 Å². The van der Waals surface area contributed by atoms with Crippen LogP contribution in [0.5, 0.6) is 0 Å². The van der Waals surface area contributed by atoms with Crippen LogP contribution in [0.15, 0.2) is 97.2 Å². The number of hydrogen-bond donors (Lipinski definition) is 2. The predicted molar refractivity (Wildman–Crippen MR) is 126 cm³/mol. The van der Waals surface area contributed by atoms with Crippen molar-refractivity contribution in [1.29, 1.82) is 0 Å². The van der Waals surface area contributed by atoms with E-state index in [9.17, 15) is 31.1 Å². The number of allylic oxidation sites excluding steroid dienone is 2. The molecule has 3 aromatic carbocycles. The Morgan fingerprint density at radius 3 is 1.83 bits per heavy atom. The third-order valence-electron chi connectivity index (χ3n) is 5.41. The number of carbonyl (C=O) groups excluding carboxylic acids is 1. The highest BCUT2D eigenvalue weighted by molar-refractivity contribution is 6.05. The maximum absolute atomic E-state index is 13.0. The van der Waals surface area contributed by atoms with Crippen LogP contribution in [0.2, 0.25) is 0 Å². The van der Waals surface area contributed by atoms with Crippen molar-refractivity contribution in [2.24, 2.45) is 0 Å². The monoisotopic (exact) mass is 500 g/mol. The van der Waals surface area contributed by atoms with Crippen molar-refractivity contribution in [3.63, 3.8) is 0 Å². The van der Waals surface area contributed by atoms with Crippen molar-refractivity contribution < 1.29 is 31.1 Å². The lowest BCUT2D eigenvalue weighted by Gasteiger charge is -2.12. The van der Waals surface area contributed by atoms with Crippen molar-refractivity contribution in [3.8, 4) is 0 Å². The van der Waals surface area contributed by atoms with Crippen LogP contribution >= 0.6 is 0 Å². The van der Waals surface area contributed by atoms with Crippen molar-refractivity contribution in [1.82, 2.24) is 4.98 Å². The third kappa shape index (κ3) is 5.68. The Kier molecular flexibility index (Phi) is 6.74. The summed E-state index contributed by atoms with van der Waals surface area (Å²) < 4.78 is 77.8. The number of nitrogens with one attached hydrogen (secondary N) is 2. The largest absolute Gasteiger partial charge is 0.416 e. The van der Waals surface area contributed by atoms with E-state index in [0.29, 0.717) is 22.4 Å². The zero-order chi connectivity index (χ0) is 25.9. The molecule has 3 nitrogen and oxygen atoms in total. The molecule has 2 N–H and O–H groups in total. The molecule has 0 saturated carbocycles. The van der Waals surface area contributed by atoms with Crippen molar-refractivity contribution in [2.45, 2.75) is 12.4 Å². The van der Waals surface area contributed by atoms with Gasteiger partial charge in [0.05, 0.1) is 16.8 Å². The van der Waals surface area contributed by atoms with Crippen LogP contribution in [0.4, 0.5) is 32.0 Å². The molecule has 0 aliphatic rings. The van der Waals surface area contributed by atoms with Gasteiger partial charge in [0, 0.05) is 23.2 Å². The minimum Gasteiger partial charge on any atom is -0.361 e. The molecule has 0 aliphatic heterocycles. The molecule has 0 spiro atoms. The molecule has 0 fully saturated rings. The van der Waals surface area contributed by atoms with Gasteiger partial charge in [0.25, 0.3) is 0 Å². The SMILES string of the molecule is O=C(C=CC=C(c1ccc(C(F)(F)F)cc1)c1ccc(C(F)(F)F)cc1)Nc1cccc2[nH]ccc12. The molecule has 184 valence electrons. The Morgan fingerprint density at radius 1 is 0.750 bits per heavy atom. The predicted octanol–water partition coefficient (Wildman–Crippen LogP) is 7.83. The van der Waals surface area contributed by atoms with E-state index in [2.05, 4.69) is 10.3 Å².